The molecule has 0 fully saturated rings. The predicted octanol–water partition coefficient (Wildman–Crippen LogP) is 1.10. The van der Waals surface area contributed by atoms with Gasteiger partial charge in [0.05, 0.1) is 6.54 Å². The number of sulfonamides is 1. The summed E-state index contributed by atoms with van der Waals surface area (Å²) in [5.74, 6) is 5.71. The van der Waals surface area contributed by atoms with Gasteiger partial charge < -0.3 is 5.73 Å². The van der Waals surface area contributed by atoms with E-state index in [9.17, 15) is 8.42 Å². The SMILES string of the molecule is CCC(C)C(C)NS(=O)(=O)c1cncc(C#CCN)c1. The normalized spacial score (nSPS) is 14.2. The Bertz CT molecular complexity index is 602. The topological polar surface area (TPSA) is 85.1 Å². The number of nitrogens with one attached hydrogen (secondary N) is 1. The molecule has 6 heteroatoms. The first-order valence-electron chi connectivity index (χ1n) is 6.57. The van der Waals surface area contributed by atoms with E-state index >= 15 is 0 Å². The zero-order valence-electron chi connectivity index (χ0n) is 12.1. The van der Waals surface area contributed by atoms with Crippen LogP contribution in [0.1, 0.15) is 32.8 Å². The zero-order chi connectivity index (χ0) is 15.2. The summed E-state index contributed by atoms with van der Waals surface area (Å²) in [6.45, 7) is 6.12. The lowest BCUT2D eigenvalue weighted by Gasteiger charge is -2.19. The van der Waals surface area contributed by atoms with Gasteiger partial charge in [0.2, 0.25) is 10.0 Å². The second-order valence-electron chi connectivity index (χ2n) is 4.71. The van der Waals surface area contributed by atoms with Crippen LogP contribution in [-0.4, -0.2) is 26.0 Å². The Morgan fingerprint density at radius 2 is 2.10 bits per heavy atom. The van der Waals surface area contributed by atoms with Crippen molar-refractivity contribution in [3.63, 3.8) is 0 Å². The molecule has 0 saturated carbocycles. The Kier molecular flexibility index (Phi) is 6.14. The van der Waals surface area contributed by atoms with E-state index in [-0.39, 0.29) is 23.4 Å². The van der Waals surface area contributed by atoms with Crippen LogP contribution >= 0.6 is 0 Å². The molecule has 0 saturated heterocycles. The standard InChI is InChI=1S/C14H21N3O2S/c1-4-11(2)12(3)17-20(18,19)14-8-13(6-5-7-15)9-16-10-14/h8-12,17H,4,7,15H2,1-3H3. The Labute approximate surface area is 121 Å². The summed E-state index contributed by atoms with van der Waals surface area (Å²) in [7, 11) is -3.57. The molecule has 0 aliphatic heterocycles. The molecule has 110 valence electrons. The van der Waals surface area contributed by atoms with E-state index in [1.54, 1.807) is 0 Å². The molecule has 20 heavy (non-hydrogen) atoms. The van der Waals surface area contributed by atoms with Crippen molar-refractivity contribution in [1.82, 2.24) is 9.71 Å². The number of aromatic nitrogens is 1. The van der Waals surface area contributed by atoms with Crippen LogP contribution in [-0.2, 0) is 10.0 Å². The summed E-state index contributed by atoms with van der Waals surface area (Å²) >= 11 is 0. The molecule has 1 rings (SSSR count). The molecule has 0 amide bonds. The minimum Gasteiger partial charge on any atom is -0.320 e. The first-order chi connectivity index (χ1) is 9.40. The van der Waals surface area contributed by atoms with E-state index in [1.807, 2.05) is 20.8 Å². The van der Waals surface area contributed by atoms with Crippen molar-refractivity contribution < 1.29 is 8.42 Å². The summed E-state index contributed by atoms with van der Waals surface area (Å²) in [4.78, 5) is 4.04. The molecule has 0 bridgehead atoms. The smallest absolute Gasteiger partial charge is 0.242 e. The summed E-state index contributed by atoms with van der Waals surface area (Å²) in [5, 5.41) is 0. The number of nitrogens with two attached hydrogens (primary N) is 1. The Morgan fingerprint density at radius 1 is 1.40 bits per heavy atom. The molecular formula is C14H21N3O2S. The van der Waals surface area contributed by atoms with Crippen molar-refractivity contribution in [2.45, 2.75) is 38.1 Å². The fraction of sp³-hybridized carbons (Fsp3) is 0.500. The Balaban J connectivity index is 2.98. The molecule has 0 aliphatic carbocycles. The maximum Gasteiger partial charge on any atom is 0.242 e. The van der Waals surface area contributed by atoms with E-state index < -0.39 is 10.0 Å². The van der Waals surface area contributed by atoms with E-state index in [0.29, 0.717) is 5.56 Å². The van der Waals surface area contributed by atoms with Gasteiger partial charge in [-0.1, -0.05) is 32.1 Å². The van der Waals surface area contributed by atoms with Gasteiger partial charge in [-0.3, -0.25) is 4.98 Å². The van der Waals surface area contributed by atoms with E-state index in [0.717, 1.165) is 6.42 Å². The second kappa shape index (κ2) is 7.39. The van der Waals surface area contributed by atoms with Crippen molar-refractivity contribution in [2.24, 2.45) is 11.7 Å². The highest BCUT2D eigenvalue weighted by molar-refractivity contribution is 7.89. The van der Waals surface area contributed by atoms with Gasteiger partial charge in [0.1, 0.15) is 4.90 Å². The van der Waals surface area contributed by atoms with Crippen LogP contribution in [0.3, 0.4) is 0 Å². The van der Waals surface area contributed by atoms with Crippen molar-refractivity contribution in [3.05, 3.63) is 24.0 Å². The van der Waals surface area contributed by atoms with Gasteiger partial charge in [0.25, 0.3) is 0 Å². The molecule has 3 N–H and O–H groups in total. The summed E-state index contributed by atoms with van der Waals surface area (Å²) in [5.41, 5.74) is 5.83. The number of rotatable bonds is 5. The van der Waals surface area contributed by atoms with Crippen molar-refractivity contribution in [1.29, 1.82) is 0 Å². The molecule has 0 aromatic carbocycles. The zero-order valence-corrected chi connectivity index (χ0v) is 12.9. The Morgan fingerprint density at radius 3 is 2.70 bits per heavy atom. The first-order valence-corrected chi connectivity index (χ1v) is 8.05. The van der Waals surface area contributed by atoms with Gasteiger partial charge in [0, 0.05) is 24.0 Å². The molecule has 1 aromatic rings. The molecule has 1 heterocycles. The fourth-order valence-electron chi connectivity index (χ4n) is 1.57. The number of pyridine rings is 1. The maximum absolute atomic E-state index is 12.3. The van der Waals surface area contributed by atoms with Crippen LogP contribution in [0.25, 0.3) is 0 Å². The van der Waals surface area contributed by atoms with Gasteiger partial charge >= 0.3 is 0 Å². The average Bonchev–Trinajstić information content (AvgIpc) is 2.44. The van der Waals surface area contributed by atoms with E-state index in [1.165, 1.54) is 18.5 Å². The highest BCUT2D eigenvalue weighted by Crippen LogP contribution is 2.13. The van der Waals surface area contributed by atoms with Gasteiger partial charge in [-0.2, -0.15) is 0 Å². The molecule has 0 aliphatic rings. The van der Waals surface area contributed by atoms with Crippen LogP contribution in [0.2, 0.25) is 0 Å². The largest absolute Gasteiger partial charge is 0.320 e. The van der Waals surface area contributed by atoms with Crippen LogP contribution < -0.4 is 10.5 Å². The molecule has 5 nitrogen and oxygen atoms in total. The lowest BCUT2D eigenvalue weighted by atomic mass is 10.0. The number of hydrogen-bond donors (Lipinski definition) is 2. The summed E-state index contributed by atoms with van der Waals surface area (Å²) in [6, 6.07) is 1.37. The molecule has 1 aromatic heterocycles. The molecule has 2 unspecified atom stereocenters. The Hall–Kier alpha value is -1.42. The fourth-order valence-corrected chi connectivity index (χ4v) is 2.91. The van der Waals surface area contributed by atoms with Gasteiger partial charge in [-0.15, -0.1) is 0 Å². The third-order valence-electron chi connectivity index (χ3n) is 3.20. The minimum atomic E-state index is -3.57. The summed E-state index contributed by atoms with van der Waals surface area (Å²) < 4.78 is 27.2. The lowest BCUT2D eigenvalue weighted by Crippen LogP contribution is -2.36. The predicted molar refractivity (Wildman–Crippen MR) is 79.4 cm³/mol. The average molecular weight is 295 g/mol. The minimum absolute atomic E-state index is 0.122. The highest BCUT2D eigenvalue weighted by atomic mass is 32.2. The molecule has 0 spiro atoms. The summed E-state index contributed by atoms with van der Waals surface area (Å²) in [6.07, 6.45) is 3.74. The molecule has 2 atom stereocenters. The van der Waals surface area contributed by atoms with Crippen molar-refractivity contribution in [2.75, 3.05) is 6.54 Å². The van der Waals surface area contributed by atoms with Gasteiger partial charge in [-0.25, -0.2) is 13.1 Å². The second-order valence-corrected chi connectivity index (χ2v) is 6.42. The van der Waals surface area contributed by atoms with E-state index in [2.05, 4.69) is 21.5 Å². The van der Waals surface area contributed by atoms with Crippen LogP contribution in [0.4, 0.5) is 0 Å². The van der Waals surface area contributed by atoms with Gasteiger partial charge in [0.15, 0.2) is 0 Å². The van der Waals surface area contributed by atoms with Crippen LogP contribution in [0, 0.1) is 17.8 Å². The third-order valence-corrected chi connectivity index (χ3v) is 4.72. The van der Waals surface area contributed by atoms with Crippen LogP contribution in [0.5, 0.6) is 0 Å². The lowest BCUT2D eigenvalue weighted by molar-refractivity contribution is 0.434. The van der Waals surface area contributed by atoms with Gasteiger partial charge in [-0.05, 0) is 18.9 Å². The van der Waals surface area contributed by atoms with E-state index in [4.69, 9.17) is 5.73 Å². The first kappa shape index (κ1) is 16.6. The van der Waals surface area contributed by atoms with Crippen LogP contribution in [0.15, 0.2) is 23.4 Å². The third kappa shape index (κ3) is 4.60. The number of nitrogens with zero attached hydrogens (tertiary/aromatic N) is 1. The molecule has 0 radical (unpaired) electrons. The highest BCUT2D eigenvalue weighted by Gasteiger charge is 2.20. The maximum atomic E-state index is 12.3. The van der Waals surface area contributed by atoms with Crippen molar-refractivity contribution >= 4 is 10.0 Å². The molecular weight excluding hydrogens is 274 g/mol. The number of hydrogen-bond acceptors (Lipinski definition) is 4. The van der Waals surface area contributed by atoms with Crippen molar-refractivity contribution in [3.8, 4) is 11.8 Å². The quantitative estimate of drug-likeness (QED) is 0.797. The monoisotopic (exact) mass is 295 g/mol.